The molecular weight excluding hydrogens is 100 g/mol. The standard InChI is InChI=1S/C6H12N2/c1-2-3-6-4-5-7-8-6/h5-6,8H,2-4H2,1H3. The second-order valence-electron chi connectivity index (χ2n) is 2.16. The summed E-state index contributed by atoms with van der Waals surface area (Å²) in [5, 5.41) is 3.91. The van der Waals surface area contributed by atoms with Gasteiger partial charge in [-0.3, -0.25) is 0 Å². The van der Waals surface area contributed by atoms with Crippen LogP contribution >= 0.6 is 0 Å². The number of nitrogens with one attached hydrogen (secondary N) is 1. The Morgan fingerprint density at radius 1 is 1.88 bits per heavy atom. The topological polar surface area (TPSA) is 24.4 Å². The predicted octanol–water partition coefficient (Wildman–Crippen LogP) is 1.13. The molecule has 1 heterocycles. The Bertz CT molecular complexity index is 80.5. The Labute approximate surface area is 50.0 Å². The minimum atomic E-state index is 0.639. The molecule has 1 aliphatic rings. The summed E-state index contributed by atoms with van der Waals surface area (Å²) in [4.78, 5) is 0. The molecule has 0 bridgehead atoms. The molecule has 1 unspecified atom stereocenters. The molecule has 0 saturated heterocycles. The molecule has 46 valence electrons. The van der Waals surface area contributed by atoms with Gasteiger partial charge in [0.2, 0.25) is 0 Å². The van der Waals surface area contributed by atoms with Gasteiger partial charge in [0.1, 0.15) is 0 Å². The Hall–Kier alpha value is -0.530. The predicted molar refractivity (Wildman–Crippen MR) is 34.9 cm³/mol. The number of nitrogens with zero attached hydrogens (tertiary/aromatic N) is 1. The van der Waals surface area contributed by atoms with Crippen LogP contribution in [-0.2, 0) is 0 Å². The van der Waals surface area contributed by atoms with Crippen molar-refractivity contribution in [3.63, 3.8) is 0 Å². The molecule has 1 atom stereocenters. The maximum atomic E-state index is 3.91. The molecule has 1 aliphatic heterocycles. The Morgan fingerprint density at radius 3 is 3.25 bits per heavy atom. The fourth-order valence-corrected chi connectivity index (χ4v) is 0.922. The van der Waals surface area contributed by atoms with E-state index in [9.17, 15) is 0 Å². The highest BCUT2D eigenvalue weighted by atomic mass is 15.3. The fraction of sp³-hybridized carbons (Fsp3) is 0.833. The van der Waals surface area contributed by atoms with Crippen molar-refractivity contribution in [2.75, 3.05) is 0 Å². The molecule has 0 aromatic rings. The maximum Gasteiger partial charge on any atom is 0.0490 e. The zero-order valence-corrected chi connectivity index (χ0v) is 5.22. The van der Waals surface area contributed by atoms with E-state index in [0.717, 1.165) is 6.42 Å². The molecule has 2 heteroatoms. The molecule has 0 aromatic heterocycles. The van der Waals surface area contributed by atoms with Gasteiger partial charge in [0.05, 0.1) is 0 Å². The lowest BCUT2D eigenvalue weighted by Crippen LogP contribution is -2.17. The third-order valence-electron chi connectivity index (χ3n) is 1.38. The van der Waals surface area contributed by atoms with E-state index in [0.29, 0.717) is 6.04 Å². The first-order chi connectivity index (χ1) is 3.93. The quantitative estimate of drug-likeness (QED) is 0.569. The lowest BCUT2D eigenvalue weighted by atomic mass is 10.1. The summed E-state index contributed by atoms with van der Waals surface area (Å²) in [6.07, 6.45) is 5.56. The fourth-order valence-electron chi connectivity index (χ4n) is 0.922. The molecule has 0 saturated carbocycles. The first kappa shape index (κ1) is 5.60. The molecule has 0 aromatic carbocycles. The number of rotatable bonds is 2. The van der Waals surface area contributed by atoms with E-state index in [2.05, 4.69) is 17.5 Å². The molecule has 0 radical (unpaired) electrons. The molecule has 1 rings (SSSR count). The van der Waals surface area contributed by atoms with Crippen molar-refractivity contribution in [3.8, 4) is 0 Å². The van der Waals surface area contributed by atoms with E-state index in [1.54, 1.807) is 0 Å². The highest BCUT2D eigenvalue weighted by Gasteiger charge is 2.06. The maximum absolute atomic E-state index is 3.91. The van der Waals surface area contributed by atoms with E-state index in [4.69, 9.17) is 0 Å². The van der Waals surface area contributed by atoms with Crippen LogP contribution in [0.25, 0.3) is 0 Å². The van der Waals surface area contributed by atoms with E-state index in [1.807, 2.05) is 6.21 Å². The van der Waals surface area contributed by atoms with Crippen molar-refractivity contribution in [2.24, 2.45) is 5.10 Å². The molecule has 8 heavy (non-hydrogen) atoms. The van der Waals surface area contributed by atoms with Crippen LogP contribution in [0.3, 0.4) is 0 Å². The number of hydrogen-bond acceptors (Lipinski definition) is 2. The zero-order chi connectivity index (χ0) is 5.82. The van der Waals surface area contributed by atoms with Crippen molar-refractivity contribution in [3.05, 3.63) is 0 Å². The average molecular weight is 112 g/mol. The Balaban J connectivity index is 2.10. The van der Waals surface area contributed by atoms with Crippen LogP contribution < -0.4 is 5.43 Å². The van der Waals surface area contributed by atoms with Gasteiger partial charge in [0.15, 0.2) is 0 Å². The summed E-state index contributed by atoms with van der Waals surface area (Å²) in [6, 6.07) is 0.639. The van der Waals surface area contributed by atoms with Crippen molar-refractivity contribution in [1.29, 1.82) is 0 Å². The number of hydrogen-bond donors (Lipinski definition) is 1. The molecular formula is C6H12N2. The largest absolute Gasteiger partial charge is 0.307 e. The van der Waals surface area contributed by atoms with E-state index in [1.165, 1.54) is 12.8 Å². The Morgan fingerprint density at radius 2 is 2.75 bits per heavy atom. The van der Waals surface area contributed by atoms with Gasteiger partial charge in [-0.25, -0.2) is 0 Å². The Kier molecular flexibility index (Phi) is 1.89. The molecule has 0 spiro atoms. The average Bonchev–Trinajstić information content (AvgIpc) is 2.19. The van der Waals surface area contributed by atoms with E-state index in [-0.39, 0.29) is 0 Å². The van der Waals surface area contributed by atoms with E-state index >= 15 is 0 Å². The minimum absolute atomic E-state index is 0.639. The van der Waals surface area contributed by atoms with Gasteiger partial charge >= 0.3 is 0 Å². The smallest absolute Gasteiger partial charge is 0.0490 e. The van der Waals surface area contributed by atoms with Crippen LogP contribution in [-0.4, -0.2) is 12.3 Å². The summed E-state index contributed by atoms with van der Waals surface area (Å²) in [6.45, 7) is 2.19. The van der Waals surface area contributed by atoms with Crippen molar-refractivity contribution in [2.45, 2.75) is 32.2 Å². The van der Waals surface area contributed by atoms with Crippen molar-refractivity contribution >= 4 is 6.21 Å². The summed E-state index contributed by atoms with van der Waals surface area (Å²) in [5.41, 5.74) is 3.03. The minimum Gasteiger partial charge on any atom is -0.307 e. The first-order valence-corrected chi connectivity index (χ1v) is 3.20. The van der Waals surface area contributed by atoms with Gasteiger partial charge in [-0.1, -0.05) is 13.3 Å². The summed E-state index contributed by atoms with van der Waals surface area (Å²) < 4.78 is 0. The van der Waals surface area contributed by atoms with Crippen molar-refractivity contribution in [1.82, 2.24) is 5.43 Å². The monoisotopic (exact) mass is 112 g/mol. The van der Waals surface area contributed by atoms with Crippen LogP contribution in [0.1, 0.15) is 26.2 Å². The third kappa shape index (κ3) is 1.22. The highest BCUT2D eigenvalue weighted by molar-refractivity contribution is 5.59. The molecule has 0 amide bonds. The molecule has 0 fully saturated rings. The zero-order valence-electron chi connectivity index (χ0n) is 5.22. The van der Waals surface area contributed by atoms with Crippen LogP contribution in [0.2, 0.25) is 0 Å². The van der Waals surface area contributed by atoms with Gasteiger partial charge < -0.3 is 5.43 Å². The molecule has 2 nitrogen and oxygen atoms in total. The van der Waals surface area contributed by atoms with Crippen LogP contribution in [0, 0.1) is 0 Å². The van der Waals surface area contributed by atoms with Gasteiger partial charge in [-0.05, 0) is 6.42 Å². The normalized spacial score (nSPS) is 25.9. The second-order valence-corrected chi connectivity index (χ2v) is 2.16. The van der Waals surface area contributed by atoms with Gasteiger partial charge in [-0.15, -0.1) is 0 Å². The molecule has 0 aliphatic carbocycles. The summed E-state index contributed by atoms with van der Waals surface area (Å²) >= 11 is 0. The van der Waals surface area contributed by atoms with Gasteiger partial charge in [-0.2, -0.15) is 5.10 Å². The van der Waals surface area contributed by atoms with Crippen LogP contribution in [0.15, 0.2) is 5.10 Å². The van der Waals surface area contributed by atoms with Crippen LogP contribution in [0.4, 0.5) is 0 Å². The summed E-state index contributed by atoms with van der Waals surface area (Å²) in [5.74, 6) is 0. The third-order valence-corrected chi connectivity index (χ3v) is 1.38. The van der Waals surface area contributed by atoms with Gasteiger partial charge in [0.25, 0.3) is 0 Å². The first-order valence-electron chi connectivity index (χ1n) is 3.20. The highest BCUT2D eigenvalue weighted by Crippen LogP contribution is 2.02. The molecule has 1 N–H and O–H groups in total. The number of hydrazone groups is 1. The van der Waals surface area contributed by atoms with Gasteiger partial charge in [0, 0.05) is 18.7 Å². The van der Waals surface area contributed by atoms with Crippen molar-refractivity contribution < 1.29 is 0 Å². The van der Waals surface area contributed by atoms with E-state index < -0.39 is 0 Å². The SMILES string of the molecule is CCCC1CC=NN1. The van der Waals surface area contributed by atoms with Crippen LogP contribution in [0.5, 0.6) is 0 Å². The lowest BCUT2D eigenvalue weighted by Gasteiger charge is -2.04. The second kappa shape index (κ2) is 2.70. The summed E-state index contributed by atoms with van der Waals surface area (Å²) in [7, 11) is 0. The lowest BCUT2D eigenvalue weighted by molar-refractivity contribution is 0.536.